The number of amides is 1. The van der Waals surface area contributed by atoms with Crippen LogP contribution in [-0.4, -0.2) is 34.5 Å². The summed E-state index contributed by atoms with van der Waals surface area (Å²) in [7, 11) is 0. The molecule has 1 aliphatic heterocycles. The van der Waals surface area contributed by atoms with Crippen molar-refractivity contribution in [1.29, 1.82) is 0 Å². The number of benzene rings is 1. The fraction of sp³-hybridized carbons (Fsp3) is 0.429. The molecule has 0 bridgehead atoms. The first kappa shape index (κ1) is 13.9. The molecule has 0 aromatic heterocycles. The van der Waals surface area contributed by atoms with Gasteiger partial charge in [-0.15, -0.1) is 0 Å². The molecule has 102 valence electrons. The topological polar surface area (TPSA) is 66.4 Å². The lowest BCUT2D eigenvalue weighted by molar-refractivity contribution is 0.0691. The smallest absolute Gasteiger partial charge is 0.336 e. The molecule has 5 heteroatoms. The summed E-state index contributed by atoms with van der Waals surface area (Å²) in [4.78, 5) is 23.1. The Morgan fingerprint density at radius 3 is 2.63 bits per heavy atom. The Labute approximate surface area is 116 Å². The maximum atomic E-state index is 12.0. The van der Waals surface area contributed by atoms with Crippen molar-refractivity contribution in [2.45, 2.75) is 24.5 Å². The van der Waals surface area contributed by atoms with E-state index in [1.165, 1.54) is 18.9 Å². The largest absolute Gasteiger partial charge is 0.478 e. The maximum absolute atomic E-state index is 12.0. The highest BCUT2D eigenvalue weighted by atomic mass is 32.2. The van der Waals surface area contributed by atoms with Gasteiger partial charge in [0.05, 0.1) is 11.1 Å². The number of carbonyl (C=O) groups excluding carboxylic acids is 1. The monoisotopic (exact) mass is 279 g/mol. The molecule has 19 heavy (non-hydrogen) atoms. The molecular weight excluding hydrogens is 262 g/mol. The van der Waals surface area contributed by atoms with Crippen molar-refractivity contribution in [2.75, 3.05) is 12.3 Å². The van der Waals surface area contributed by atoms with E-state index in [1.807, 2.05) is 11.8 Å². The summed E-state index contributed by atoms with van der Waals surface area (Å²) in [5.41, 5.74) is 0.284. The number of carboxylic acid groups (broad SMARTS) is 1. The average molecular weight is 279 g/mol. The fourth-order valence-corrected chi connectivity index (χ4v) is 3.38. The highest BCUT2D eigenvalue weighted by Crippen LogP contribution is 2.24. The Bertz CT molecular complexity index is 470. The molecule has 1 unspecified atom stereocenters. The average Bonchev–Trinajstić information content (AvgIpc) is 2.46. The highest BCUT2D eigenvalue weighted by Gasteiger charge is 2.18. The van der Waals surface area contributed by atoms with E-state index in [4.69, 9.17) is 5.11 Å². The third kappa shape index (κ3) is 3.73. The van der Waals surface area contributed by atoms with Crippen LogP contribution >= 0.6 is 11.8 Å². The zero-order valence-electron chi connectivity index (χ0n) is 10.6. The van der Waals surface area contributed by atoms with Crippen molar-refractivity contribution in [2.24, 2.45) is 0 Å². The Kier molecular flexibility index (Phi) is 4.85. The lowest BCUT2D eigenvalue weighted by Gasteiger charge is -2.21. The first-order valence-corrected chi connectivity index (χ1v) is 7.45. The molecule has 2 N–H and O–H groups in total. The van der Waals surface area contributed by atoms with Crippen molar-refractivity contribution in [1.82, 2.24) is 5.32 Å². The molecule has 1 aromatic rings. The van der Waals surface area contributed by atoms with E-state index in [0.29, 0.717) is 11.8 Å². The molecule has 1 amide bonds. The number of hydrogen-bond acceptors (Lipinski definition) is 3. The third-order valence-corrected chi connectivity index (χ3v) is 4.56. The molecule has 1 aromatic carbocycles. The first-order valence-electron chi connectivity index (χ1n) is 6.40. The minimum absolute atomic E-state index is 0.0521. The van der Waals surface area contributed by atoms with Crippen molar-refractivity contribution >= 4 is 23.6 Å². The van der Waals surface area contributed by atoms with Gasteiger partial charge < -0.3 is 10.4 Å². The zero-order valence-corrected chi connectivity index (χ0v) is 11.4. The Morgan fingerprint density at radius 2 is 2.00 bits per heavy atom. The zero-order chi connectivity index (χ0) is 13.7. The van der Waals surface area contributed by atoms with Gasteiger partial charge in [0.1, 0.15) is 0 Å². The molecule has 1 saturated heterocycles. The van der Waals surface area contributed by atoms with Crippen LogP contribution < -0.4 is 5.32 Å². The number of carboxylic acids is 1. The standard InChI is InChI=1S/C14H17NO3S/c16-13(15-9-10-5-3-4-8-19-10)11-6-1-2-7-12(11)14(17)18/h1-2,6-7,10H,3-5,8-9H2,(H,15,16)(H,17,18). The number of aromatic carboxylic acids is 1. The van der Waals surface area contributed by atoms with Crippen LogP contribution in [-0.2, 0) is 0 Å². The van der Waals surface area contributed by atoms with Crippen LogP contribution in [0.1, 0.15) is 40.0 Å². The molecule has 1 fully saturated rings. The first-order chi connectivity index (χ1) is 9.18. The van der Waals surface area contributed by atoms with E-state index < -0.39 is 5.97 Å². The van der Waals surface area contributed by atoms with Gasteiger partial charge in [-0.1, -0.05) is 18.6 Å². The van der Waals surface area contributed by atoms with Crippen LogP contribution in [0.3, 0.4) is 0 Å². The van der Waals surface area contributed by atoms with Gasteiger partial charge in [0.15, 0.2) is 0 Å². The number of rotatable bonds is 4. The number of thioether (sulfide) groups is 1. The van der Waals surface area contributed by atoms with Crippen molar-refractivity contribution in [3.05, 3.63) is 35.4 Å². The van der Waals surface area contributed by atoms with Crippen molar-refractivity contribution < 1.29 is 14.7 Å². The van der Waals surface area contributed by atoms with Crippen molar-refractivity contribution in [3.8, 4) is 0 Å². The molecule has 0 radical (unpaired) electrons. The molecule has 1 atom stereocenters. The molecule has 0 spiro atoms. The number of carbonyl (C=O) groups is 2. The second kappa shape index (κ2) is 6.61. The van der Waals surface area contributed by atoms with Crippen LogP contribution in [0.5, 0.6) is 0 Å². The Balaban J connectivity index is 1.97. The predicted octanol–water partition coefficient (Wildman–Crippen LogP) is 2.40. The summed E-state index contributed by atoms with van der Waals surface area (Å²) >= 11 is 1.88. The second-order valence-electron chi connectivity index (χ2n) is 4.55. The van der Waals surface area contributed by atoms with Gasteiger partial charge in [-0.05, 0) is 30.7 Å². The minimum atomic E-state index is -1.07. The van der Waals surface area contributed by atoms with Crippen LogP contribution in [0, 0.1) is 0 Å². The lowest BCUT2D eigenvalue weighted by Crippen LogP contribution is -2.32. The van der Waals surface area contributed by atoms with Gasteiger partial charge >= 0.3 is 5.97 Å². The Morgan fingerprint density at radius 1 is 1.26 bits per heavy atom. The normalized spacial score (nSPS) is 18.8. The van der Waals surface area contributed by atoms with Gasteiger partial charge in [0, 0.05) is 11.8 Å². The van der Waals surface area contributed by atoms with E-state index in [0.717, 1.165) is 12.2 Å². The molecule has 4 nitrogen and oxygen atoms in total. The molecule has 0 saturated carbocycles. The van der Waals surface area contributed by atoms with Gasteiger partial charge in [0.25, 0.3) is 5.91 Å². The fourth-order valence-electron chi connectivity index (χ4n) is 2.14. The third-order valence-electron chi connectivity index (χ3n) is 3.17. The summed E-state index contributed by atoms with van der Waals surface area (Å²) in [6.07, 6.45) is 3.57. The SMILES string of the molecule is O=C(O)c1ccccc1C(=O)NCC1CCCCS1. The molecular formula is C14H17NO3S. The summed E-state index contributed by atoms with van der Waals surface area (Å²) < 4.78 is 0. The Hall–Kier alpha value is -1.49. The molecule has 2 rings (SSSR count). The van der Waals surface area contributed by atoms with E-state index in [1.54, 1.807) is 18.2 Å². The van der Waals surface area contributed by atoms with Crippen LogP contribution in [0.4, 0.5) is 0 Å². The van der Waals surface area contributed by atoms with Crippen molar-refractivity contribution in [3.63, 3.8) is 0 Å². The summed E-state index contributed by atoms with van der Waals surface area (Å²) in [5.74, 6) is -0.228. The minimum Gasteiger partial charge on any atom is -0.478 e. The van der Waals surface area contributed by atoms with Crippen LogP contribution in [0.2, 0.25) is 0 Å². The number of hydrogen-bond donors (Lipinski definition) is 2. The van der Waals surface area contributed by atoms with E-state index in [2.05, 4.69) is 5.32 Å². The molecule has 0 aliphatic carbocycles. The molecule has 1 heterocycles. The van der Waals surface area contributed by atoms with E-state index in [9.17, 15) is 9.59 Å². The number of nitrogens with one attached hydrogen (secondary N) is 1. The summed E-state index contributed by atoms with van der Waals surface area (Å²) in [6, 6.07) is 6.30. The highest BCUT2D eigenvalue weighted by molar-refractivity contribution is 7.99. The quantitative estimate of drug-likeness (QED) is 0.888. The van der Waals surface area contributed by atoms with Crippen LogP contribution in [0.15, 0.2) is 24.3 Å². The summed E-state index contributed by atoms with van der Waals surface area (Å²) in [5, 5.41) is 12.3. The maximum Gasteiger partial charge on any atom is 0.336 e. The van der Waals surface area contributed by atoms with Crippen LogP contribution in [0.25, 0.3) is 0 Å². The van der Waals surface area contributed by atoms with E-state index in [-0.39, 0.29) is 17.0 Å². The van der Waals surface area contributed by atoms with Gasteiger partial charge in [-0.3, -0.25) is 4.79 Å². The van der Waals surface area contributed by atoms with E-state index >= 15 is 0 Å². The van der Waals surface area contributed by atoms with Gasteiger partial charge in [-0.2, -0.15) is 11.8 Å². The molecule has 1 aliphatic rings. The second-order valence-corrected chi connectivity index (χ2v) is 5.96. The van der Waals surface area contributed by atoms with Gasteiger partial charge in [-0.25, -0.2) is 4.79 Å². The van der Waals surface area contributed by atoms with Gasteiger partial charge in [0.2, 0.25) is 0 Å². The summed E-state index contributed by atoms with van der Waals surface area (Å²) in [6.45, 7) is 0.609. The lowest BCUT2D eigenvalue weighted by atomic mass is 10.1. The predicted molar refractivity (Wildman–Crippen MR) is 75.8 cm³/mol.